The summed E-state index contributed by atoms with van der Waals surface area (Å²) in [6, 6.07) is 11.0. The Kier molecular flexibility index (Phi) is 4.98. The number of H-pyrrole nitrogens is 1. The molecule has 27 heavy (non-hydrogen) atoms. The van der Waals surface area contributed by atoms with Gasteiger partial charge < -0.3 is 10.3 Å². The molecule has 0 spiro atoms. The van der Waals surface area contributed by atoms with Crippen LogP contribution in [0.15, 0.2) is 53.3 Å². The summed E-state index contributed by atoms with van der Waals surface area (Å²) >= 11 is 0. The number of fused-ring (bicyclic) bond motifs is 1. The molecule has 1 amide bonds. The van der Waals surface area contributed by atoms with Crippen LogP contribution in [-0.4, -0.2) is 21.9 Å². The molecule has 8 heteroatoms. The van der Waals surface area contributed by atoms with Crippen molar-refractivity contribution in [2.75, 3.05) is 0 Å². The molecule has 0 aliphatic carbocycles. The lowest BCUT2D eigenvalue weighted by Gasteiger charge is -2.14. The first-order valence-electron chi connectivity index (χ1n) is 8.20. The summed E-state index contributed by atoms with van der Waals surface area (Å²) in [6.07, 6.45) is -4.05. The van der Waals surface area contributed by atoms with Crippen LogP contribution in [0.5, 0.6) is 0 Å². The summed E-state index contributed by atoms with van der Waals surface area (Å²) in [4.78, 5) is 30.9. The van der Waals surface area contributed by atoms with E-state index in [0.717, 1.165) is 12.1 Å². The number of hydrogen-bond acceptors (Lipinski definition) is 3. The van der Waals surface area contributed by atoms with Crippen molar-refractivity contribution in [3.05, 3.63) is 75.8 Å². The zero-order chi connectivity index (χ0) is 19.6. The molecule has 0 bridgehead atoms. The SMILES string of the molecule is C[C@@H](Cc1ccc(C(F)(F)F)cc1)NC(=O)c1nc2ccccc2c(=O)[nH]1. The molecule has 0 unspecified atom stereocenters. The van der Waals surface area contributed by atoms with E-state index in [9.17, 15) is 22.8 Å². The second-order valence-corrected chi connectivity index (χ2v) is 6.20. The predicted octanol–water partition coefficient (Wildman–Crippen LogP) is 3.30. The number of hydrogen-bond donors (Lipinski definition) is 2. The van der Waals surface area contributed by atoms with E-state index in [2.05, 4.69) is 15.3 Å². The molecule has 140 valence electrons. The third-order valence-corrected chi connectivity index (χ3v) is 4.03. The van der Waals surface area contributed by atoms with Gasteiger partial charge in [0.2, 0.25) is 0 Å². The molecule has 0 aliphatic rings. The molecular weight excluding hydrogens is 359 g/mol. The Hall–Kier alpha value is -3.16. The van der Waals surface area contributed by atoms with Gasteiger partial charge in [0.25, 0.3) is 11.5 Å². The molecule has 1 heterocycles. The number of aromatic amines is 1. The number of carbonyl (C=O) groups excluding carboxylic acids is 1. The van der Waals surface area contributed by atoms with Crippen molar-refractivity contribution in [3.63, 3.8) is 0 Å². The molecule has 5 nitrogen and oxygen atoms in total. The first-order valence-corrected chi connectivity index (χ1v) is 8.20. The molecule has 0 saturated heterocycles. The summed E-state index contributed by atoms with van der Waals surface area (Å²) in [6.45, 7) is 1.72. The highest BCUT2D eigenvalue weighted by Gasteiger charge is 2.30. The normalized spacial score (nSPS) is 12.7. The number of nitrogens with zero attached hydrogens (tertiary/aromatic N) is 1. The van der Waals surface area contributed by atoms with E-state index in [1.54, 1.807) is 31.2 Å². The van der Waals surface area contributed by atoms with Gasteiger partial charge in [-0.15, -0.1) is 0 Å². The minimum Gasteiger partial charge on any atom is -0.347 e. The zero-order valence-corrected chi connectivity index (χ0v) is 14.3. The third kappa shape index (κ3) is 4.33. The van der Waals surface area contributed by atoms with Gasteiger partial charge in [-0.05, 0) is 43.2 Å². The van der Waals surface area contributed by atoms with Crippen molar-refractivity contribution < 1.29 is 18.0 Å². The van der Waals surface area contributed by atoms with Crippen LogP contribution in [0.1, 0.15) is 28.7 Å². The minimum absolute atomic E-state index is 0.113. The van der Waals surface area contributed by atoms with Crippen LogP contribution in [0.25, 0.3) is 10.9 Å². The van der Waals surface area contributed by atoms with Crippen molar-refractivity contribution in [2.24, 2.45) is 0 Å². The summed E-state index contributed by atoms with van der Waals surface area (Å²) in [5, 5.41) is 3.07. The van der Waals surface area contributed by atoms with E-state index in [-0.39, 0.29) is 11.9 Å². The Balaban J connectivity index is 1.70. The molecule has 0 aliphatic heterocycles. The number of rotatable bonds is 4. The number of amides is 1. The molecular formula is C19H16F3N3O2. The molecule has 3 aromatic rings. The fourth-order valence-electron chi connectivity index (χ4n) is 2.72. The van der Waals surface area contributed by atoms with Gasteiger partial charge in [0.1, 0.15) is 0 Å². The second kappa shape index (κ2) is 7.22. The lowest BCUT2D eigenvalue weighted by Crippen LogP contribution is -2.36. The first kappa shape index (κ1) is 18.6. The quantitative estimate of drug-likeness (QED) is 0.735. The number of carbonyl (C=O) groups is 1. The summed E-state index contributed by atoms with van der Waals surface area (Å²) < 4.78 is 37.8. The predicted molar refractivity (Wildman–Crippen MR) is 94.4 cm³/mol. The highest BCUT2D eigenvalue weighted by Crippen LogP contribution is 2.29. The average molecular weight is 375 g/mol. The number of benzene rings is 2. The van der Waals surface area contributed by atoms with Crippen molar-refractivity contribution in [1.82, 2.24) is 15.3 Å². The van der Waals surface area contributed by atoms with E-state index < -0.39 is 23.2 Å². The number of aromatic nitrogens is 2. The number of halogens is 3. The Bertz CT molecular complexity index is 1030. The second-order valence-electron chi connectivity index (χ2n) is 6.20. The molecule has 1 atom stereocenters. The summed E-state index contributed by atoms with van der Waals surface area (Å²) in [5.41, 5.74) is -0.0837. The van der Waals surface area contributed by atoms with Crippen LogP contribution >= 0.6 is 0 Å². The lowest BCUT2D eigenvalue weighted by atomic mass is 10.0. The third-order valence-electron chi connectivity index (χ3n) is 4.03. The smallest absolute Gasteiger partial charge is 0.347 e. The monoisotopic (exact) mass is 375 g/mol. The Morgan fingerprint density at radius 3 is 2.48 bits per heavy atom. The molecule has 3 rings (SSSR count). The van der Waals surface area contributed by atoms with E-state index in [1.807, 2.05) is 0 Å². The zero-order valence-electron chi connectivity index (χ0n) is 14.3. The van der Waals surface area contributed by atoms with Gasteiger partial charge in [-0.1, -0.05) is 24.3 Å². The van der Waals surface area contributed by atoms with Gasteiger partial charge in [-0.2, -0.15) is 13.2 Å². The maximum absolute atomic E-state index is 12.6. The number of nitrogens with one attached hydrogen (secondary N) is 2. The Morgan fingerprint density at radius 1 is 1.15 bits per heavy atom. The van der Waals surface area contributed by atoms with E-state index in [0.29, 0.717) is 22.9 Å². The van der Waals surface area contributed by atoms with Gasteiger partial charge in [-0.25, -0.2) is 4.98 Å². The van der Waals surface area contributed by atoms with Gasteiger partial charge in [-0.3, -0.25) is 9.59 Å². The molecule has 0 fully saturated rings. The number of alkyl halides is 3. The molecule has 2 aromatic carbocycles. The van der Waals surface area contributed by atoms with Crippen molar-refractivity contribution in [2.45, 2.75) is 25.6 Å². The maximum Gasteiger partial charge on any atom is 0.416 e. The highest BCUT2D eigenvalue weighted by atomic mass is 19.4. The lowest BCUT2D eigenvalue weighted by molar-refractivity contribution is -0.137. The summed E-state index contributed by atoms with van der Waals surface area (Å²) in [5.74, 6) is -0.671. The van der Waals surface area contributed by atoms with Crippen molar-refractivity contribution >= 4 is 16.8 Å². The van der Waals surface area contributed by atoms with Crippen LogP contribution in [0, 0.1) is 0 Å². The highest BCUT2D eigenvalue weighted by molar-refractivity contribution is 5.92. The van der Waals surface area contributed by atoms with Crippen LogP contribution in [-0.2, 0) is 12.6 Å². The average Bonchev–Trinajstić information content (AvgIpc) is 2.61. The fraction of sp³-hybridized carbons (Fsp3) is 0.211. The molecule has 0 saturated carbocycles. The van der Waals surface area contributed by atoms with Crippen LogP contribution in [0.2, 0.25) is 0 Å². The van der Waals surface area contributed by atoms with Crippen LogP contribution in [0.4, 0.5) is 13.2 Å². The van der Waals surface area contributed by atoms with E-state index in [1.165, 1.54) is 12.1 Å². The van der Waals surface area contributed by atoms with Gasteiger partial charge in [0.15, 0.2) is 5.82 Å². The van der Waals surface area contributed by atoms with E-state index >= 15 is 0 Å². The van der Waals surface area contributed by atoms with Crippen molar-refractivity contribution in [3.8, 4) is 0 Å². The summed E-state index contributed by atoms with van der Waals surface area (Å²) in [7, 11) is 0. The van der Waals surface area contributed by atoms with E-state index in [4.69, 9.17) is 0 Å². The standard InChI is InChI=1S/C19H16F3N3O2/c1-11(10-12-6-8-13(9-7-12)19(20,21)22)23-18(27)16-24-15-5-3-2-4-14(15)17(26)25-16/h2-9,11H,10H2,1H3,(H,23,27)(H,24,25,26)/t11-/m0/s1. The minimum atomic E-state index is -4.38. The van der Waals surface area contributed by atoms with Gasteiger partial charge >= 0.3 is 6.18 Å². The Labute approximate surface area is 152 Å². The van der Waals surface area contributed by atoms with Gasteiger partial charge in [0.05, 0.1) is 16.5 Å². The number of para-hydroxylation sites is 1. The van der Waals surface area contributed by atoms with Crippen LogP contribution in [0.3, 0.4) is 0 Å². The largest absolute Gasteiger partial charge is 0.416 e. The first-order chi connectivity index (χ1) is 12.7. The van der Waals surface area contributed by atoms with Crippen molar-refractivity contribution in [1.29, 1.82) is 0 Å². The fourth-order valence-corrected chi connectivity index (χ4v) is 2.72. The molecule has 0 radical (unpaired) electrons. The maximum atomic E-state index is 12.6. The van der Waals surface area contributed by atoms with Gasteiger partial charge in [0, 0.05) is 6.04 Å². The molecule has 1 aromatic heterocycles. The van der Waals surface area contributed by atoms with Crippen LogP contribution < -0.4 is 10.9 Å². The topological polar surface area (TPSA) is 74.8 Å². The molecule has 2 N–H and O–H groups in total. The Morgan fingerprint density at radius 2 is 1.81 bits per heavy atom.